The number of anilines is 3. The molecular formula is C18H17ClFN7O. The molecule has 0 saturated carbocycles. The summed E-state index contributed by atoms with van der Waals surface area (Å²) < 4.78 is 13.4. The summed E-state index contributed by atoms with van der Waals surface area (Å²) in [6, 6.07) is 4.39. The summed E-state index contributed by atoms with van der Waals surface area (Å²) in [5.74, 6) is 0.444. The number of aromatic nitrogens is 4. The van der Waals surface area contributed by atoms with Gasteiger partial charge in [0, 0.05) is 31.7 Å². The van der Waals surface area contributed by atoms with Gasteiger partial charge in [-0.05, 0) is 24.6 Å². The molecule has 0 bridgehead atoms. The Labute approximate surface area is 165 Å². The number of rotatable bonds is 4. The largest absolute Gasteiger partial charge is 0.350 e. The summed E-state index contributed by atoms with van der Waals surface area (Å²) >= 11 is 5.84. The molecule has 1 aromatic carbocycles. The first kappa shape index (κ1) is 18.3. The lowest BCUT2D eigenvalue weighted by molar-refractivity contribution is -0.127. The van der Waals surface area contributed by atoms with Crippen molar-refractivity contribution in [1.29, 1.82) is 0 Å². The standard InChI is InChI=1S/C18H17ClFN7O/c1-10(28)27-5-4-12(8-27)25-18-21-7-15-16(26-18)17(23-9-22-15)24-11-2-3-14(20)13(19)6-11/h2-3,6-7,9,12H,4-5,8H2,1H3,(H,21,25,26)(H,22,23,24). The molecule has 0 radical (unpaired) electrons. The molecule has 1 amide bonds. The summed E-state index contributed by atoms with van der Waals surface area (Å²) in [4.78, 5) is 30.5. The Morgan fingerprint density at radius 3 is 2.93 bits per heavy atom. The average molecular weight is 402 g/mol. The second kappa shape index (κ2) is 7.51. The first-order chi connectivity index (χ1) is 13.5. The Kier molecular flexibility index (Phi) is 4.91. The topological polar surface area (TPSA) is 95.9 Å². The van der Waals surface area contributed by atoms with E-state index in [1.54, 1.807) is 24.1 Å². The number of hydrogen-bond acceptors (Lipinski definition) is 7. The van der Waals surface area contributed by atoms with E-state index in [9.17, 15) is 9.18 Å². The van der Waals surface area contributed by atoms with E-state index in [4.69, 9.17) is 11.6 Å². The van der Waals surface area contributed by atoms with E-state index >= 15 is 0 Å². The van der Waals surface area contributed by atoms with Gasteiger partial charge in [-0.3, -0.25) is 4.79 Å². The minimum Gasteiger partial charge on any atom is -0.350 e. The molecule has 1 aliphatic rings. The second-order valence-corrected chi connectivity index (χ2v) is 6.91. The minimum absolute atomic E-state index is 0.0107. The van der Waals surface area contributed by atoms with Crippen LogP contribution in [-0.4, -0.2) is 49.9 Å². The van der Waals surface area contributed by atoms with Crippen LogP contribution in [-0.2, 0) is 4.79 Å². The molecular weight excluding hydrogens is 385 g/mol. The van der Waals surface area contributed by atoms with E-state index < -0.39 is 5.82 Å². The molecule has 0 spiro atoms. The van der Waals surface area contributed by atoms with Gasteiger partial charge in [-0.1, -0.05) is 11.6 Å². The molecule has 3 aromatic rings. The number of fused-ring (bicyclic) bond motifs is 1. The highest BCUT2D eigenvalue weighted by atomic mass is 35.5. The van der Waals surface area contributed by atoms with Crippen molar-refractivity contribution in [3.63, 3.8) is 0 Å². The Morgan fingerprint density at radius 2 is 2.18 bits per heavy atom. The summed E-state index contributed by atoms with van der Waals surface area (Å²) in [6.07, 6.45) is 3.83. The molecule has 144 valence electrons. The normalized spacial score (nSPS) is 16.4. The van der Waals surface area contributed by atoms with Gasteiger partial charge in [-0.15, -0.1) is 0 Å². The molecule has 0 aliphatic carbocycles. The van der Waals surface area contributed by atoms with Crippen molar-refractivity contribution < 1.29 is 9.18 Å². The number of benzene rings is 1. The second-order valence-electron chi connectivity index (χ2n) is 6.50. The lowest BCUT2D eigenvalue weighted by atomic mass is 10.3. The number of hydrogen-bond donors (Lipinski definition) is 2. The highest BCUT2D eigenvalue weighted by Gasteiger charge is 2.24. The number of carbonyl (C=O) groups excluding carboxylic acids is 1. The van der Waals surface area contributed by atoms with Gasteiger partial charge in [-0.2, -0.15) is 0 Å². The highest BCUT2D eigenvalue weighted by molar-refractivity contribution is 6.31. The highest BCUT2D eigenvalue weighted by Crippen LogP contribution is 2.25. The maximum absolute atomic E-state index is 13.4. The van der Waals surface area contributed by atoms with Crippen LogP contribution in [0.3, 0.4) is 0 Å². The fourth-order valence-electron chi connectivity index (χ4n) is 3.07. The monoisotopic (exact) mass is 401 g/mol. The lowest BCUT2D eigenvalue weighted by Crippen LogP contribution is -2.30. The smallest absolute Gasteiger partial charge is 0.223 e. The van der Waals surface area contributed by atoms with E-state index in [-0.39, 0.29) is 17.0 Å². The van der Waals surface area contributed by atoms with Gasteiger partial charge in [0.15, 0.2) is 5.82 Å². The Bertz CT molecular complexity index is 1050. The predicted molar refractivity (Wildman–Crippen MR) is 104 cm³/mol. The van der Waals surface area contributed by atoms with Crippen molar-refractivity contribution in [1.82, 2.24) is 24.8 Å². The maximum atomic E-state index is 13.4. The Morgan fingerprint density at radius 1 is 1.32 bits per heavy atom. The molecule has 8 nitrogen and oxygen atoms in total. The quantitative estimate of drug-likeness (QED) is 0.693. The third-order valence-electron chi connectivity index (χ3n) is 4.53. The van der Waals surface area contributed by atoms with Crippen LogP contribution in [0.1, 0.15) is 13.3 Å². The van der Waals surface area contributed by atoms with Gasteiger partial charge >= 0.3 is 0 Å². The molecule has 2 aromatic heterocycles. The third-order valence-corrected chi connectivity index (χ3v) is 4.82. The molecule has 2 N–H and O–H groups in total. The molecule has 10 heteroatoms. The van der Waals surface area contributed by atoms with Gasteiger partial charge in [0.1, 0.15) is 23.2 Å². The minimum atomic E-state index is -0.496. The molecule has 4 rings (SSSR count). The number of carbonyl (C=O) groups is 1. The van der Waals surface area contributed by atoms with E-state index in [0.717, 1.165) is 6.42 Å². The van der Waals surface area contributed by atoms with Crippen LogP contribution in [0.5, 0.6) is 0 Å². The summed E-state index contributed by atoms with van der Waals surface area (Å²) in [5.41, 5.74) is 1.65. The molecule has 1 aliphatic heterocycles. The number of nitrogens with one attached hydrogen (secondary N) is 2. The zero-order chi connectivity index (χ0) is 19.7. The summed E-state index contributed by atoms with van der Waals surface area (Å²) in [7, 11) is 0. The predicted octanol–water partition coefficient (Wildman–Crippen LogP) is 2.99. The lowest BCUT2D eigenvalue weighted by Gasteiger charge is -2.15. The van der Waals surface area contributed by atoms with Crippen LogP contribution >= 0.6 is 11.6 Å². The molecule has 1 fully saturated rings. The number of amides is 1. The summed E-state index contributed by atoms with van der Waals surface area (Å²) in [6.45, 7) is 2.88. The maximum Gasteiger partial charge on any atom is 0.223 e. The van der Waals surface area contributed by atoms with E-state index in [0.29, 0.717) is 41.6 Å². The molecule has 28 heavy (non-hydrogen) atoms. The van der Waals surface area contributed by atoms with Crippen LogP contribution in [0.4, 0.5) is 21.8 Å². The van der Waals surface area contributed by atoms with E-state index in [1.807, 2.05) is 0 Å². The van der Waals surface area contributed by atoms with Crippen molar-refractivity contribution in [2.45, 2.75) is 19.4 Å². The molecule has 3 heterocycles. The van der Waals surface area contributed by atoms with Gasteiger partial charge < -0.3 is 15.5 Å². The van der Waals surface area contributed by atoms with Crippen molar-refractivity contribution in [3.05, 3.63) is 41.6 Å². The van der Waals surface area contributed by atoms with Crippen molar-refractivity contribution >= 4 is 46.0 Å². The number of nitrogens with zero attached hydrogens (tertiary/aromatic N) is 5. The van der Waals surface area contributed by atoms with E-state index in [1.165, 1.54) is 18.5 Å². The first-order valence-electron chi connectivity index (χ1n) is 8.71. The van der Waals surface area contributed by atoms with Crippen molar-refractivity contribution in [2.75, 3.05) is 23.7 Å². The van der Waals surface area contributed by atoms with Gasteiger partial charge in [0.2, 0.25) is 11.9 Å². The SMILES string of the molecule is CC(=O)N1CCC(Nc2ncc3ncnc(Nc4ccc(F)c(Cl)c4)c3n2)C1. The van der Waals surface area contributed by atoms with Crippen LogP contribution in [0, 0.1) is 5.82 Å². The van der Waals surface area contributed by atoms with Crippen LogP contribution < -0.4 is 10.6 Å². The Hall–Kier alpha value is -3.07. The van der Waals surface area contributed by atoms with Crippen molar-refractivity contribution in [3.8, 4) is 0 Å². The van der Waals surface area contributed by atoms with Crippen molar-refractivity contribution in [2.24, 2.45) is 0 Å². The average Bonchev–Trinajstić information content (AvgIpc) is 3.14. The Balaban J connectivity index is 1.59. The van der Waals surface area contributed by atoms with Gasteiger partial charge in [0.05, 0.1) is 11.2 Å². The first-order valence-corrected chi connectivity index (χ1v) is 9.09. The van der Waals surface area contributed by atoms with Crippen LogP contribution in [0.15, 0.2) is 30.7 Å². The zero-order valence-electron chi connectivity index (χ0n) is 15.0. The summed E-state index contributed by atoms with van der Waals surface area (Å²) in [5, 5.41) is 6.35. The molecule has 1 unspecified atom stereocenters. The fraction of sp³-hybridized carbons (Fsp3) is 0.278. The van der Waals surface area contributed by atoms with Crippen LogP contribution in [0.2, 0.25) is 5.02 Å². The third kappa shape index (κ3) is 3.79. The van der Waals surface area contributed by atoms with Crippen LogP contribution in [0.25, 0.3) is 11.0 Å². The van der Waals surface area contributed by atoms with Gasteiger partial charge in [0.25, 0.3) is 0 Å². The number of halogens is 2. The fourth-order valence-corrected chi connectivity index (χ4v) is 3.25. The zero-order valence-corrected chi connectivity index (χ0v) is 15.7. The number of likely N-dealkylation sites (tertiary alicyclic amines) is 1. The van der Waals surface area contributed by atoms with E-state index in [2.05, 4.69) is 30.6 Å². The molecule has 1 atom stereocenters. The van der Waals surface area contributed by atoms with Gasteiger partial charge in [-0.25, -0.2) is 24.3 Å². The molecule has 1 saturated heterocycles.